The molecule has 0 aliphatic rings. The van der Waals surface area contributed by atoms with Crippen LogP contribution < -0.4 is 10.9 Å². The highest BCUT2D eigenvalue weighted by Gasteiger charge is 2.16. The second-order valence-electron chi connectivity index (χ2n) is 8.16. The Morgan fingerprint density at radius 3 is 1.83 bits per heavy atom. The minimum absolute atomic E-state index is 0.00636. The summed E-state index contributed by atoms with van der Waals surface area (Å²) in [5.41, 5.74) is 6.55. The smallest absolute Gasteiger partial charge is 0.197 e. The van der Waals surface area contributed by atoms with Crippen LogP contribution in [0.15, 0.2) is 52.1 Å². The SMILES string of the molecule is Cc1ccc2c(c1)c(=O)c1cc3c(cc1n2C)c(=O)c1cc(C)cc(C)c1n3C. The van der Waals surface area contributed by atoms with Crippen LogP contribution in [0.4, 0.5) is 0 Å². The number of pyridine rings is 2. The Balaban J connectivity index is 2.09. The van der Waals surface area contributed by atoms with Gasteiger partial charge in [0.05, 0.1) is 22.1 Å². The zero-order valence-corrected chi connectivity index (χ0v) is 17.3. The van der Waals surface area contributed by atoms with Crippen molar-refractivity contribution in [3.63, 3.8) is 0 Å². The van der Waals surface area contributed by atoms with Gasteiger partial charge in [-0.2, -0.15) is 0 Å². The summed E-state index contributed by atoms with van der Waals surface area (Å²) in [4.78, 5) is 26.7. The van der Waals surface area contributed by atoms with E-state index >= 15 is 0 Å². The van der Waals surface area contributed by atoms with Crippen LogP contribution >= 0.6 is 0 Å². The quantitative estimate of drug-likeness (QED) is 0.367. The van der Waals surface area contributed by atoms with Crippen LogP contribution in [0, 0.1) is 20.8 Å². The van der Waals surface area contributed by atoms with Crippen molar-refractivity contribution in [1.29, 1.82) is 0 Å². The van der Waals surface area contributed by atoms with E-state index in [1.54, 1.807) is 0 Å². The maximum Gasteiger partial charge on any atom is 0.197 e. The van der Waals surface area contributed by atoms with Gasteiger partial charge in [-0.1, -0.05) is 17.7 Å². The zero-order chi connectivity index (χ0) is 20.6. The summed E-state index contributed by atoms with van der Waals surface area (Å²) in [6.45, 7) is 6.02. The highest BCUT2D eigenvalue weighted by atomic mass is 16.1. The van der Waals surface area contributed by atoms with Gasteiger partial charge in [0.2, 0.25) is 0 Å². The molecule has 5 aromatic rings. The first kappa shape index (κ1) is 17.7. The summed E-state index contributed by atoms with van der Waals surface area (Å²) in [5.74, 6) is 0. The normalized spacial score (nSPS) is 11.9. The number of hydrogen-bond donors (Lipinski definition) is 0. The van der Waals surface area contributed by atoms with Gasteiger partial charge >= 0.3 is 0 Å². The average molecular weight is 382 g/mol. The third kappa shape index (κ3) is 2.32. The molecule has 0 saturated carbocycles. The highest BCUT2D eigenvalue weighted by Crippen LogP contribution is 2.27. The Bertz CT molecular complexity index is 1640. The van der Waals surface area contributed by atoms with Crippen LogP contribution in [-0.4, -0.2) is 9.13 Å². The third-order valence-corrected chi connectivity index (χ3v) is 6.11. The molecule has 0 radical (unpaired) electrons. The number of aryl methyl sites for hydroxylation is 5. The molecule has 2 aromatic heterocycles. The minimum atomic E-state index is 0.00636. The molecule has 4 nitrogen and oxygen atoms in total. The van der Waals surface area contributed by atoms with Gasteiger partial charge in [-0.05, 0) is 62.2 Å². The molecular weight excluding hydrogens is 360 g/mol. The number of aromatic nitrogens is 2. The van der Waals surface area contributed by atoms with E-state index in [0.717, 1.165) is 44.1 Å². The molecule has 2 heterocycles. The van der Waals surface area contributed by atoms with E-state index in [-0.39, 0.29) is 10.9 Å². The first-order valence-electron chi connectivity index (χ1n) is 9.74. The molecule has 0 atom stereocenters. The molecule has 0 N–H and O–H groups in total. The fourth-order valence-corrected chi connectivity index (χ4v) is 4.74. The van der Waals surface area contributed by atoms with Gasteiger partial charge in [-0.3, -0.25) is 9.59 Å². The van der Waals surface area contributed by atoms with E-state index in [9.17, 15) is 9.59 Å². The zero-order valence-electron chi connectivity index (χ0n) is 17.3. The molecule has 144 valence electrons. The van der Waals surface area contributed by atoms with Crippen LogP contribution in [0.5, 0.6) is 0 Å². The van der Waals surface area contributed by atoms with Crippen molar-refractivity contribution in [3.05, 3.63) is 79.6 Å². The third-order valence-electron chi connectivity index (χ3n) is 6.11. The van der Waals surface area contributed by atoms with E-state index in [1.165, 1.54) is 0 Å². The van der Waals surface area contributed by atoms with Crippen molar-refractivity contribution in [3.8, 4) is 0 Å². The summed E-state index contributed by atoms with van der Waals surface area (Å²) in [6, 6.07) is 13.7. The lowest BCUT2D eigenvalue weighted by Gasteiger charge is -2.16. The van der Waals surface area contributed by atoms with Gasteiger partial charge in [-0.25, -0.2) is 0 Å². The summed E-state index contributed by atoms with van der Waals surface area (Å²) >= 11 is 0. The molecule has 3 aromatic carbocycles. The Morgan fingerprint density at radius 1 is 0.586 bits per heavy atom. The molecule has 0 aliphatic heterocycles. The number of benzene rings is 3. The van der Waals surface area contributed by atoms with Gasteiger partial charge in [0.1, 0.15) is 0 Å². The Morgan fingerprint density at radius 2 is 1.14 bits per heavy atom. The molecular formula is C25H22N2O2. The van der Waals surface area contributed by atoms with Crippen LogP contribution in [-0.2, 0) is 14.1 Å². The molecule has 0 saturated heterocycles. The van der Waals surface area contributed by atoms with Gasteiger partial charge in [0.15, 0.2) is 10.9 Å². The first-order valence-corrected chi connectivity index (χ1v) is 9.74. The Kier molecular flexibility index (Phi) is 3.54. The maximum atomic E-state index is 13.4. The van der Waals surface area contributed by atoms with Crippen LogP contribution in [0.3, 0.4) is 0 Å². The fraction of sp³-hybridized carbons (Fsp3) is 0.200. The van der Waals surface area contributed by atoms with Crippen molar-refractivity contribution in [2.45, 2.75) is 20.8 Å². The fourth-order valence-electron chi connectivity index (χ4n) is 4.74. The molecule has 5 rings (SSSR count). The van der Waals surface area contributed by atoms with Gasteiger partial charge in [0.25, 0.3) is 0 Å². The molecule has 4 heteroatoms. The predicted octanol–water partition coefficient (Wildman–Crippen LogP) is 4.62. The lowest BCUT2D eigenvalue weighted by Crippen LogP contribution is -2.14. The lowest BCUT2D eigenvalue weighted by atomic mass is 10.0. The highest BCUT2D eigenvalue weighted by molar-refractivity contribution is 6.04. The monoisotopic (exact) mass is 382 g/mol. The second kappa shape index (κ2) is 5.80. The summed E-state index contributed by atoms with van der Waals surface area (Å²) in [6.07, 6.45) is 0. The molecule has 0 fully saturated rings. The van der Waals surface area contributed by atoms with Crippen LogP contribution in [0.2, 0.25) is 0 Å². The number of hydrogen-bond acceptors (Lipinski definition) is 2. The topological polar surface area (TPSA) is 44.0 Å². The van der Waals surface area contributed by atoms with Crippen molar-refractivity contribution in [1.82, 2.24) is 9.13 Å². The average Bonchev–Trinajstić information content (AvgIpc) is 2.68. The molecule has 29 heavy (non-hydrogen) atoms. The standard InChI is InChI=1S/C25H22N2O2/c1-13-6-7-20-16(9-13)24(28)17-12-22-18(11-21(17)26(20)4)25(29)19-10-14(2)8-15(3)23(19)27(22)5/h6-12H,1-5H3. The van der Waals surface area contributed by atoms with E-state index < -0.39 is 0 Å². The van der Waals surface area contributed by atoms with Gasteiger partial charge in [0, 0.05) is 35.6 Å². The number of fused-ring (bicyclic) bond motifs is 4. The van der Waals surface area contributed by atoms with E-state index in [2.05, 4.69) is 6.07 Å². The van der Waals surface area contributed by atoms with Crippen LogP contribution in [0.1, 0.15) is 16.7 Å². The van der Waals surface area contributed by atoms with E-state index in [4.69, 9.17) is 0 Å². The van der Waals surface area contributed by atoms with Gasteiger partial charge in [-0.15, -0.1) is 0 Å². The molecule has 0 aliphatic carbocycles. The van der Waals surface area contributed by atoms with Crippen molar-refractivity contribution in [2.75, 3.05) is 0 Å². The minimum Gasteiger partial charge on any atom is -0.343 e. The molecule has 0 spiro atoms. The molecule has 0 amide bonds. The van der Waals surface area contributed by atoms with E-state index in [1.807, 2.05) is 80.4 Å². The van der Waals surface area contributed by atoms with Crippen molar-refractivity contribution < 1.29 is 0 Å². The van der Waals surface area contributed by atoms with E-state index in [0.29, 0.717) is 16.2 Å². The number of rotatable bonds is 0. The first-order chi connectivity index (χ1) is 13.8. The molecule has 0 unspecified atom stereocenters. The predicted molar refractivity (Wildman–Crippen MR) is 121 cm³/mol. The Labute approximate surface area is 167 Å². The largest absolute Gasteiger partial charge is 0.343 e. The summed E-state index contributed by atoms with van der Waals surface area (Å²) in [5, 5.41) is 2.70. The van der Waals surface area contributed by atoms with Crippen molar-refractivity contribution in [2.24, 2.45) is 14.1 Å². The lowest BCUT2D eigenvalue weighted by molar-refractivity contribution is 0.989. The Hall–Kier alpha value is -3.40. The maximum absolute atomic E-state index is 13.4. The summed E-state index contributed by atoms with van der Waals surface area (Å²) < 4.78 is 4.05. The van der Waals surface area contributed by atoms with Crippen molar-refractivity contribution >= 4 is 43.6 Å². The summed E-state index contributed by atoms with van der Waals surface area (Å²) in [7, 11) is 3.92. The molecule has 0 bridgehead atoms. The number of nitrogens with zero attached hydrogens (tertiary/aromatic N) is 2. The van der Waals surface area contributed by atoms with Crippen LogP contribution in [0.25, 0.3) is 43.6 Å². The second-order valence-corrected chi connectivity index (χ2v) is 8.16. The van der Waals surface area contributed by atoms with Gasteiger partial charge < -0.3 is 9.13 Å².